The molecule has 1 aromatic carbocycles. The van der Waals surface area contributed by atoms with Gasteiger partial charge in [0.15, 0.2) is 10.3 Å². The van der Waals surface area contributed by atoms with Gasteiger partial charge in [0.05, 0.1) is 17.1 Å². The average molecular weight is 403 g/mol. The highest BCUT2D eigenvalue weighted by atomic mass is 35.5. The second kappa shape index (κ2) is 10.3. The third kappa shape index (κ3) is 6.26. The van der Waals surface area contributed by atoms with Crippen molar-refractivity contribution in [1.82, 2.24) is 9.88 Å². The van der Waals surface area contributed by atoms with Crippen molar-refractivity contribution in [2.24, 2.45) is 4.99 Å². The summed E-state index contributed by atoms with van der Waals surface area (Å²) in [5, 5.41) is 4.01. The Morgan fingerprint density at radius 3 is 2.56 bits per heavy atom. The van der Waals surface area contributed by atoms with Gasteiger partial charge in [0.2, 0.25) is 5.91 Å². The third-order valence-corrected chi connectivity index (χ3v) is 5.54. The zero-order valence-electron chi connectivity index (χ0n) is 15.1. The first-order chi connectivity index (χ1) is 13.2. The van der Waals surface area contributed by atoms with Crippen LogP contribution in [0.4, 0.5) is 11.4 Å². The lowest BCUT2D eigenvalue weighted by Crippen LogP contribution is -2.31. The normalized spacial score (nSPS) is 15.3. The Morgan fingerprint density at radius 1 is 1.11 bits per heavy atom. The van der Waals surface area contributed by atoms with E-state index < -0.39 is 0 Å². The molecular weight excluding hydrogens is 380 g/mol. The number of nitrogens with one attached hydrogen (secondary N) is 1. The number of aliphatic imine (C=N–C) groups is 1. The van der Waals surface area contributed by atoms with E-state index in [-0.39, 0.29) is 11.7 Å². The van der Waals surface area contributed by atoms with Gasteiger partial charge in [-0.1, -0.05) is 54.4 Å². The fourth-order valence-electron chi connectivity index (χ4n) is 2.86. The van der Waals surface area contributed by atoms with Crippen LogP contribution >= 0.6 is 23.4 Å². The number of benzene rings is 1. The van der Waals surface area contributed by atoms with Crippen LogP contribution in [0.3, 0.4) is 0 Å². The molecule has 0 saturated carbocycles. The van der Waals surface area contributed by atoms with Crippen LogP contribution in [0.25, 0.3) is 0 Å². The number of para-hydroxylation sites is 1. The van der Waals surface area contributed by atoms with Crippen molar-refractivity contribution in [3.8, 4) is 0 Å². The van der Waals surface area contributed by atoms with Gasteiger partial charge in [0.25, 0.3) is 0 Å². The molecule has 2 heterocycles. The largest absolute Gasteiger partial charge is 0.351 e. The quantitative estimate of drug-likeness (QED) is 0.445. The minimum atomic E-state index is -0.120. The van der Waals surface area contributed by atoms with Crippen molar-refractivity contribution in [2.75, 3.05) is 24.2 Å². The molecule has 0 bridgehead atoms. The molecule has 1 aromatic heterocycles. The van der Waals surface area contributed by atoms with E-state index in [0.29, 0.717) is 10.8 Å². The zero-order chi connectivity index (χ0) is 18.9. The van der Waals surface area contributed by atoms with Gasteiger partial charge in [0.1, 0.15) is 0 Å². The van der Waals surface area contributed by atoms with Crippen molar-refractivity contribution in [1.29, 1.82) is 0 Å². The number of pyridine rings is 1. The Hall–Kier alpha value is -2.05. The van der Waals surface area contributed by atoms with E-state index >= 15 is 0 Å². The lowest BCUT2D eigenvalue weighted by Gasteiger charge is -2.23. The van der Waals surface area contributed by atoms with Crippen LogP contribution in [0.5, 0.6) is 0 Å². The Labute approximate surface area is 169 Å². The Morgan fingerprint density at radius 2 is 1.85 bits per heavy atom. The van der Waals surface area contributed by atoms with Gasteiger partial charge in [-0.15, -0.1) is 0 Å². The van der Waals surface area contributed by atoms with Crippen LogP contribution < -0.4 is 5.32 Å². The Balaban J connectivity index is 1.68. The van der Waals surface area contributed by atoms with Gasteiger partial charge in [-0.3, -0.25) is 4.79 Å². The number of carbonyl (C=O) groups is 1. The molecule has 1 amide bonds. The predicted molar refractivity (Wildman–Crippen MR) is 114 cm³/mol. The number of carbonyl (C=O) groups excluding carboxylic acids is 1. The standard InChI is InChI=1S/C20H23ClN4OS/c21-19-17(11-8-12-22-19)24-18(26)15-27-20(23-16-9-4-3-5-10-16)25-13-6-1-2-7-14-25/h3-5,8-12H,1-2,6-7,13-15H2,(H,24,26). The van der Waals surface area contributed by atoms with E-state index in [0.717, 1.165) is 36.8 Å². The fraction of sp³-hybridized carbons (Fsp3) is 0.350. The summed E-state index contributed by atoms with van der Waals surface area (Å²) >= 11 is 7.48. The highest BCUT2D eigenvalue weighted by molar-refractivity contribution is 8.14. The topological polar surface area (TPSA) is 57.6 Å². The summed E-state index contributed by atoms with van der Waals surface area (Å²) < 4.78 is 0. The van der Waals surface area contributed by atoms with E-state index in [9.17, 15) is 4.79 Å². The summed E-state index contributed by atoms with van der Waals surface area (Å²) in [5.41, 5.74) is 1.43. The number of anilines is 1. The molecule has 142 valence electrons. The summed E-state index contributed by atoms with van der Waals surface area (Å²) in [6.07, 6.45) is 6.41. The maximum absolute atomic E-state index is 12.4. The molecule has 1 fully saturated rings. The molecule has 0 atom stereocenters. The number of hydrogen-bond donors (Lipinski definition) is 1. The first kappa shape index (κ1) is 19.7. The molecule has 0 radical (unpaired) electrons. The number of hydrogen-bond acceptors (Lipinski definition) is 4. The molecule has 0 aliphatic carbocycles. The van der Waals surface area contributed by atoms with Crippen LogP contribution in [-0.4, -0.2) is 39.8 Å². The van der Waals surface area contributed by atoms with Crippen LogP contribution in [-0.2, 0) is 4.79 Å². The molecule has 1 aliphatic heterocycles. The number of aromatic nitrogens is 1. The van der Waals surface area contributed by atoms with Crippen LogP contribution in [0, 0.1) is 0 Å². The number of likely N-dealkylation sites (tertiary alicyclic amines) is 1. The van der Waals surface area contributed by atoms with Gasteiger partial charge in [-0.2, -0.15) is 0 Å². The SMILES string of the molecule is O=C(CSC(=Nc1ccccc1)N1CCCCCC1)Nc1cccnc1Cl. The molecule has 2 aromatic rings. The molecule has 1 aliphatic rings. The lowest BCUT2D eigenvalue weighted by atomic mass is 10.2. The van der Waals surface area contributed by atoms with Crippen molar-refractivity contribution >= 4 is 45.8 Å². The third-order valence-electron chi connectivity index (χ3n) is 4.22. The second-order valence-electron chi connectivity index (χ2n) is 6.31. The number of rotatable bonds is 4. The molecule has 5 nitrogen and oxygen atoms in total. The van der Waals surface area contributed by atoms with Gasteiger partial charge in [-0.05, 0) is 37.1 Å². The van der Waals surface area contributed by atoms with Crippen molar-refractivity contribution in [3.05, 3.63) is 53.8 Å². The summed E-state index contributed by atoms with van der Waals surface area (Å²) in [6, 6.07) is 13.4. The monoisotopic (exact) mass is 402 g/mol. The minimum absolute atomic E-state index is 0.120. The summed E-state index contributed by atoms with van der Waals surface area (Å²) in [7, 11) is 0. The van der Waals surface area contributed by atoms with E-state index in [2.05, 4.69) is 15.2 Å². The maximum Gasteiger partial charge on any atom is 0.234 e. The molecule has 7 heteroatoms. The maximum atomic E-state index is 12.4. The van der Waals surface area contributed by atoms with E-state index in [1.807, 2.05) is 30.3 Å². The smallest absolute Gasteiger partial charge is 0.234 e. The predicted octanol–water partition coefficient (Wildman–Crippen LogP) is 4.97. The molecule has 3 rings (SSSR count). The van der Waals surface area contributed by atoms with Crippen LogP contribution in [0.1, 0.15) is 25.7 Å². The van der Waals surface area contributed by atoms with Gasteiger partial charge in [-0.25, -0.2) is 9.98 Å². The van der Waals surface area contributed by atoms with E-state index in [1.165, 1.54) is 24.6 Å². The number of amidine groups is 1. The average Bonchev–Trinajstić information content (AvgIpc) is 2.97. The first-order valence-corrected chi connectivity index (χ1v) is 10.5. The minimum Gasteiger partial charge on any atom is -0.351 e. The highest BCUT2D eigenvalue weighted by Crippen LogP contribution is 2.22. The molecule has 27 heavy (non-hydrogen) atoms. The van der Waals surface area contributed by atoms with Crippen molar-refractivity contribution < 1.29 is 4.79 Å². The van der Waals surface area contributed by atoms with E-state index in [1.54, 1.807) is 18.3 Å². The number of halogens is 1. The zero-order valence-corrected chi connectivity index (χ0v) is 16.7. The Kier molecular flexibility index (Phi) is 7.54. The summed E-state index contributed by atoms with van der Waals surface area (Å²) in [4.78, 5) is 23.5. The Bertz CT molecular complexity index is 777. The van der Waals surface area contributed by atoms with Crippen LogP contribution in [0.15, 0.2) is 53.7 Å². The molecular formula is C20H23ClN4OS. The van der Waals surface area contributed by atoms with Gasteiger partial charge in [0, 0.05) is 19.3 Å². The van der Waals surface area contributed by atoms with Crippen LogP contribution in [0.2, 0.25) is 5.15 Å². The molecule has 1 saturated heterocycles. The van der Waals surface area contributed by atoms with Crippen molar-refractivity contribution in [2.45, 2.75) is 25.7 Å². The van der Waals surface area contributed by atoms with Crippen molar-refractivity contribution in [3.63, 3.8) is 0 Å². The number of thioether (sulfide) groups is 1. The molecule has 0 spiro atoms. The summed E-state index contributed by atoms with van der Waals surface area (Å²) in [5.74, 6) is 0.151. The van der Waals surface area contributed by atoms with Gasteiger partial charge < -0.3 is 10.2 Å². The summed E-state index contributed by atoms with van der Waals surface area (Å²) in [6.45, 7) is 1.96. The lowest BCUT2D eigenvalue weighted by molar-refractivity contribution is -0.113. The number of nitrogens with zero attached hydrogens (tertiary/aromatic N) is 3. The highest BCUT2D eigenvalue weighted by Gasteiger charge is 2.17. The molecule has 0 unspecified atom stereocenters. The number of amides is 1. The second-order valence-corrected chi connectivity index (χ2v) is 7.61. The van der Waals surface area contributed by atoms with E-state index in [4.69, 9.17) is 16.6 Å². The fourth-order valence-corrected chi connectivity index (χ4v) is 3.90. The van der Waals surface area contributed by atoms with Gasteiger partial charge >= 0.3 is 0 Å². The first-order valence-electron chi connectivity index (χ1n) is 9.14. The molecule has 1 N–H and O–H groups in total.